The highest BCUT2D eigenvalue weighted by molar-refractivity contribution is 5.53. The van der Waals surface area contributed by atoms with Gasteiger partial charge in [0.15, 0.2) is 5.82 Å². The summed E-state index contributed by atoms with van der Waals surface area (Å²) < 4.78 is 5.47. The van der Waals surface area contributed by atoms with Crippen molar-refractivity contribution in [3.63, 3.8) is 0 Å². The summed E-state index contributed by atoms with van der Waals surface area (Å²) in [6.45, 7) is 5.93. The number of piperazine rings is 1. The summed E-state index contributed by atoms with van der Waals surface area (Å²) in [7, 11) is 0. The van der Waals surface area contributed by atoms with Gasteiger partial charge in [0.05, 0.1) is 12.3 Å². The lowest BCUT2D eigenvalue weighted by Gasteiger charge is -2.36. The van der Waals surface area contributed by atoms with Crippen LogP contribution in [0, 0.1) is 11.3 Å². The van der Waals surface area contributed by atoms with Gasteiger partial charge in [-0.3, -0.25) is 0 Å². The van der Waals surface area contributed by atoms with Crippen molar-refractivity contribution in [3.8, 4) is 17.5 Å². The van der Waals surface area contributed by atoms with Crippen LogP contribution in [0.3, 0.4) is 0 Å². The van der Waals surface area contributed by atoms with Crippen LogP contribution in [0.4, 0.5) is 11.5 Å². The van der Waals surface area contributed by atoms with E-state index >= 15 is 0 Å². The molecule has 1 aromatic heterocycles. The number of benzene rings is 2. The van der Waals surface area contributed by atoms with Gasteiger partial charge < -0.3 is 14.5 Å². The molecule has 1 saturated heterocycles. The van der Waals surface area contributed by atoms with Crippen LogP contribution in [0.25, 0.3) is 5.69 Å². The van der Waals surface area contributed by atoms with E-state index in [1.165, 1.54) is 10.5 Å². The molecule has 0 radical (unpaired) electrons. The van der Waals surface area contributed by atoms with E-state index in [4.69, 9.17) is 4.74 Å². The summed E-state index contributed by atoms with van der Waals surface area (Å²) in [5, 5.41) is 18.5. The van der Waals surface area contributed by atoms with Crippen LogP contribution < -0.4 is 14.5 Å². The van der Waals surface area contributed by atoms with E-state index in [1.807, 2.05) is 37.3 Å². The zero-order valence-corrected chi connectivity index (χ0v) is 15.8. The fourth-order valence-corrected chi connectivity index (χ4v) is 3.36. The third-order valence-corrected chi connectivity index (χ3v) is 4.78. The van der Waals surface area contributed by atoms with Gasteiger partial charge in [-0.25, -0.2) is 0 Å². The van der Waals surface area contributed by atoms with Crippen LogP contribution in [0.5, 0.6) is 5.75 Å². The zero-order chi connectivity index (χ0) is 19.3. The number of rotatable bonds is 5. The zero-order valence-electron chi connectivity index (χ0n) is 15.8. The van der Waals surface area contributed by atoms with Crippen LogP contribution in [-0.2, 0) is 0 Å². The summed E-state index contributed by atoms with van der Waals surface area (Å²) in [6.07, 6.45) is 0. The molecule has 0 bridgehead atoms. The summed E-state index contributed by atoms with van der Waals surface area (Å²) in [5.74, 6) is 1.44. The smallest absolute Gasteiger partial charge is 0.207 e. The second kappa shape index (κ2) is 8.01. The molecule has 3 aromatic rings. The highest BCUT2D eigenvalue weighted by atomic mass is 16.5. The molecule has 7 heteroatoms. The molecule has 0 saturated carbocycles. The van der Waals surface area contributed by atoms with E-state index in [0.717, 1.165) is 37.6 Å². The third-order valence-electron chi connectivity index (χ3n) is 4.78. The van der Waals surface area contributed by atoms with E-state index in [0.29, 0.717) is 18.1 Å². The molecule has 2 heterocycles. The molecule has 142 valence electrons. The predicted molar refractivity (Wildman–Crippen MR) is 108 cm³/mol. The fourth-order valence-electron chi connectivity index (χ4n) is 3.36. The van der Waals surface area contributed by atoms with Gasteiger partial charge in [-0.1, -0.05) is 18.2 Å². The van der Waals surface area contributed by atoms with Crippen molar-refractivity contribution in [2.75, 3.05) is 42.6 Å². The SMILES string of the molecule is CCOc1ccc(-n2nc(C#N)c(N3CCN(c4ccccc4)CC3)n2)cc1. The normalized spacial score (nSPS) is 14.0. The van der Waals surface area contributed by atoms with Gasteiger partial charge in [0.1, 0.15) is 11.8 Å². The van der Waals surface area contributed by atoms with Crippen molar-refractivity contribution in [1.82, 2.24) is 15.0 Å². The van der Waals surface area contributed by atoms with Crippen LogP contribution in [-0.4, -0.2) is 47.8 Å². The number of ether oxygens (including phenoxy) is 1. The summed E-state index contributed by atoms with van der Waals surface area (Å²) in [4.78, 5) is 6.00. The lowest BCUT2D eigenvalue weighted by atomic mass is 10.2. The van der Waals surface area contributed by atoms with Crippen molar-refractivity contribution >= 4 is 11.5 Å². The van der Waals surface area contributed by atoms with E-state index in [9.17, 15) is 5.26 Å². The second-order valence-corrected chi connectivity index (χ2v) is 6.51. The van der Waals surface area contributed by atoms with Crippen molar-refractivity contribution in [1.29, 1.82) is 5.26 Å². The molecule has 1 aliphatic rings. The first-order chi connectivity index (χ1) is 13.8. The molecule has 7 nitrogen and oxygen atoms in total. The Morgan fingerprint density at radius 1 is 0.893 bits per heavy atom. The second-order valence-electron chi connectivity index (χ2n) is 6.51. The molecule has 4 rings (SSSR count). The topological polar surface area (TPSA) is 70.2 Å². The Bertz CT molecular complexity index is 953. The number of nitriles is 1. The molecule has 1 aliphatic heterocycles. The summed E-state index contributed by atoms with van der Waals surface area (Å²) >= 11 is 0. The van der Waals surface area contributed by atoms with Crippen molar-refractivity contribution in [2.24, 2.45) is 0 Å². The molecule has 0 N–H and O–H groups in total. The molecular formula is C21H22N6O. The minimum Gasteiger partial charge on any atom is -0.494 e. The number of anilines is 2. The summed E-state index contributed by atoms with van der Waals surface area (Å²) in [6, 6.07) is 20.1. The van der Waals surface area contributed by atoms with Gasteiger partial charge >= 0.3 is 0 Å². The van der Waals surface area contributed by atoms with Crippen LogP contribution in [0.2, 0.25) is 0 Å². The molecule has 28 heavy (non-hydrogen) atoms. The average molecular weight is 374 g/mol. The Balaban J connectivity index is 1.50. The van der Waals surface area contributed by atoms with Gasteiger partial charge in [0.25, 0.3) is 0 Å². The minimum atomic E-state index is 0.349. The van der Waals surface area contributed by atoms with Crippen LogP contribution in [0.1, 0.15) is 12.6 Å². The van der Waals surface area contributed by atoms with E-state index in [1.54, 1.807) is 0 Å². The fraction of sp³-hybridized carbons (Fsp3) is 0.286. The minimum absolute atomic E-state index is 0.349. The Hall–Kier alpha value is -3.53. The summed E-state index contributed by atoms with van der Waals surface area (Å²) in [5.41, 5.74) is 2.37. The quantitative estimate of drug-likeness (QED) is 0.684. The standard InChI is InChI=1S/C21H22N6O/c1-2-28-19-10-8-18(9-11-19)27-23-20(16-22)21(24-27)26-14-12-25(13-15-26)17-6-4-3-5-7-17/h3-11H,2,12-15H2,1H3. The van der Waals surface area contributed by atoms with Crippen molar-refractivity contribution < 1.29 is 4.74 Å². The Morgan fingerprint density at radius 3 is 2.21 bits per heavy atom. The molecular weight excluding hydrogens is 352 g/mol. The van der Waals surface area contributed by atoms with Gasteiger partial charge in [-0.05, 0) is 43.3 Å². The largest absolute Gasteiger partial charge is 0.494 e. The van der Waals surface area contributed by atoms with Crippen molar-refractivity contribution in [2.45, 2.75) is 6.92 Å². The lowest BCUT2D eigenvalue weighted by Crippen LogP contribution is -2.47. The first kappa shape index (κ1) is 17.9. The van der Waals surface area contributed by atoms with E-state index in [-0.39, 0.29) is 0 Å². The van der Waals surface area contributed by atoms with Gasteiger partial charge in [0, 0.05) is 31.9 Å². The number of para-hydroxylation sites is 1. The monoisotopic (exact) mass is 374 g/mol. The number of hydrogen-bond acceptors (Lipinski definition) is 6. The van der Waals surface area contributed by atoms with Gasteiger partial charge in [-0.2, -0.15) is 5.26 Å². The molecule has 2 aromatic carbocycles. The van der Waals surface area contributed by atoms with Gasteiger partial charge in [0.2, 0.25) is 5.69 Å². The Kier molecular flexibility index (Phi) is 5.11. The number of hydrogen-bond donors (Lipinski definition) is 0. The maximum absolute atomic E-state index is 9.53. The number of nitrogens with zero attached hydrogens (tertiary/aromatic N) is 6. The first-order valence-electron chi connectivity index (χ1n) is 9.44. The van der Waals surface area contributed by atoms with E-state index < -0.39 is 0 Å². The molecule has 0 amide bonds. The highest BCUT2D eigenvalue weighted by Crippen LogP contribution is 2.22. The molecule has 0 aliphatic carbocycles. The lowest BCUT2D eigenvalue weighted by molar-refractivity contribution is 0.340. The maximum atomic E-state index is 9.53. The average Bonchev–Trinajstić information content (AvgIpc) is 3.20. The van der Waals surface area contributed by atoms with Crippen LogP contribution >= 0.6 is 0 Å². The van der Waals surface area contributed by atoms with E-state index in [2.05, 4.69) is 50.3 Å². The Labute approximate surface area is 164 Å². The van der Waals surface area contributed by atoms with Crippen molar-refractivity contribution in [3.05, 3.63) is 60.3 Å². The molecule has 1 fully saturated rings. The maximum Gasteiger partial charge on any atom is 0.207 e. The molecule has 0 unspecified atom stereocenters. The molecule has 0 atom stereocenters. The van der Waals surface area contributed by atoms with Gasteiger partial charge in [-0.15, -0.1) is 15.0 Å². The molecule has 0 spiro atoms. The predicted octanol–water partition coefficient (Wildman–Crippen LogP) is 2.86. The Morgan fingerprint density at radius 2 is 1.57 bits per heavy atom. The number of aromatic nitrogens is 3. The third kappa shape index (κ3) is 3.62. The van der Waals surface area contributed by atoms with Crippen LogP contribution in [0.15, 0.2) is 54.6 Å². The first-order valence-corrected chi connectivity index (χ1v) is 9.44. The highest BCUT2D eigenvalue weighted by Gasteiger charge is 2.23.